The first-order valence-electron chi connectivity index (χ1n) is 6.68. The van der Waals surface area contributed by atoms with Gasteiger partial charge in [-0.25, -0.2) is 0 Å². The summed E-state index contributed by atoms with van der Waals surface area (Å²) in [6.07, 6.45) is 0. The molecule has 0 saturated carbocycles. The quantitative estimate of drug-likeness (QED) is 0.586. The summed E-state index contributed by atoms with van der Waals surface area (Å²) in [6, 6.07) is 24.7. The van der Waals surface area contributed by atoms with Gasteiger partial charge in [0.2, 0.25) is 0 Å². The number of rotatable bonds is 3. The van der Waals surface area contributed by atoms with Crippen LogP contribution in [-0.2, 0) is 0 Å². The molecule has 0 bridgehead atoms. The molecule has 22 heavy (non-hydrogen) atoms. The number of hydrogen-bond donors (Lipinski definition) is 1. The van der Waals surface area contributed by atoms with Crippen molar-refractivity contribution in [1.29, 1.82) is 0 Å². The Morgan fingerprint density at radius 3 is 1.95 bits per heavy atom. The molecule has 0 heterocycles. The van der Waals surface area contributed by atoms with Gasteiger partial charge in [-0.15, -0.1) is 5.11 Å². The Bertz CT molecular complexity index is 759. The van der Waals surface area contributed by atoms with Crippen LogP contribution < -0.4 is 29.6 Å². The third-order valence-corrected chi connectivity index (χ3v) is 3.11. The average Bonchev–Trinajstić information content (AvgIpc) is 2.56. The van der Waals surface area contributed by atoms with Crippen molar-refractivity contribution in [2.45, 2.75) is 0 Å². The molecule has 0 fully saturated rings. The van der Waals surface area contributed by atoms with Gasteiger partial charge >= 0.3 is 29.6 Å². The summed E-state index contributed by atoms with van der Waals surface area (Å²) in [6.45, 7) is 0. The molecular weight excluding hydrogens is 283 g/mol. The molecule has 1 N–H and O–H groups in total. The van der Waals surface area contributed by atoms with Gasteiger partial charge in [-0.3, -0.25) is 0 Å². The van der Waals surface area contributed by atoms with Crippen LogP contribution in [0.4, 0.5) is 11.4 Å². The van der Waals surface area contributed by atoms with Gasteiger partial charge in [-0.2, -0.15) is 5.11 Å². The zero-order valence-corrected chi connectivity index (χ0v) is 14.3. The fourth-order valence-electron chi connectivity index (χ4n) is 2.02. The second-order valence-corrected chi connectivity index (χ2v) is 4.61. The van der Waals surface area contributed by atoms with Crippen molar-refractivity contribution in [1.82, 2.24) is 0 Å². The van der Waals surface area contributed by atoms with Crippen molar-refractivity contribution in [3.63, 3.8) is 0 Å². The minimum atomic E-state index is 0. The molecule has 0 aliphatic heterocycles. The number of azo groups is 1. The predicted molar refractivity (Wildman–Crippen MR) is 84.2 cm³/mol. The first-order valence-corrected chi connectivity index (χ1v) is 6.68. The van der Waals surface area contributed by atoms with E-state index in [1.165, 1.54) is 0 Å². The van der Waals surface area contributed by atoms with Crippen LogP contribution in [0.25, 0.3) is 11.1 Å². The SMILES string of the molecule is Oc1ccc(-c2ccccc2)cc1N=Nc1ccccc1.[Na+]. The molecule has 0 atom stereocenters. The molecule has 0 aromatic heterocycles. The number of phenolic OH excluding ortho intramolecular Hbond substituents is 1. The minimum Gasteiger partial charge on any atom is -0.506 e. The van der Waals surface area contributed by atoms with Gasteiger partial charge in [0.15, 0.2) is 0 Å². The Hall–Kier alpha value is -1.94. The van der Waals surface area contributed by atoms with Crippen LogP contribution in [0.1, 0.15) is 0 Å². The minimum absolute atomic E-state index is 0. The fourth-order valence-corrected chi connectivity index (χ4v) is 2.02. The molecular formula is C18H14N2NaO+. The molecule has 0 spiro atoms. The van der Waals surface area contributed by atoms with Gasteiger partial charge in [0, 0.05) is 0 Å². The zero-order valence-electron chi connectivity index (χ0n) is 12.3. The summed E-state index contributed by atoms with van der Waals surface area (Å²) >= 11 is 0. The van der Waals surface area contributed by atoms with Crippen LogP contribution in [0.3, 0.4) is 0 Å². The van der Waals surface area contributed by atoms with Gasteiger partial charge in [0.25, 0.3) is 0 Å². The van der Waals surface area contributed by atoms with Crippen molar-refractivity contribution in [3.05, 3.63) is 78.9 Å². The van der Waals surface area contributed by atoms with E-state index in [1.807, 2.05) is 72.8 Å². The third-order valence-electron chi connectivity index (χ3n) is 3.11. The van der Waals surface area contributed by atoms with E-state index in [1.54, 1.807) is 6.07 Å². The molecule has 3 aromatic rings. The van der Waals surface area contributed by atoms with Crippen molar-refractivity contribution in [2.75, 3.05) is 0 Å². The number of hydrogen-bond acceptors (Lipinski definition) is 3. The Morgan fingerprint density at radius 2 is 1.27 bits per heavy atom. The van der Waals surface area contributed by atoms with E-state index < -0.39 is 0 Å². The van der Waals surface area contributed by atoms with E-state index in [0.717, 1.165) is 16.8 Å². The summed E-state index contributed by atoms with van der Waals surface area (Å²) in [5.41, 5.74) is 3.28. The molecule has 0 aliphatic carbocycles. The van der Waals surface area contributed by atoms with Crippen LogP contribution in [0, 0.1) is 0 Å². The molecule has 102 valence electrons. The Labute approximate surface area is 151 Å². The zero-order chi connectivity index (χ0) is 14.5. The number of nitrogens with zero attached hydrogens (tertiary/aromatic N) is 2. The van der Waals surface area contributed by atoms with Crippen LogP contribution in [-0.4, -0.2) is 5.11 Å². The second-order valence-electron chi connectivity index (χ2n) is 4.61. The molecule has 3 rings (SSSR count). The van der Waals surface area contributed by atoms with Gasteiger partial charge < -0.3 is 5.11 Å². The molecule has 0 amide bonds. The maximum Gasteiger partial charge on any atom is 1.00 e. The maximum absolute atomic E-state index is 9.91. The largest absolute Gasteiger partial charge is 1.00 e. The van der Waals surface area contributed by atoms with E-state index >= 15 is 0 Å². The van der Waals surface area contributed by atoms with E-state index in [9.17, 15) is 5.11 Å². The Kier molecular flexibility index (Phi) is 5.90. The van der Waals surface area contributed by atoms with Gasteiger partial charge in [-0.05, 0) is 35.4 Å². The van der Waals surface area contributed by atoms with Crippen molar-refractivity contribution in [3.8, 4) is 16.9 Å². The smallest absolute Gasteiger partial charge is 0.506 e. The first-order chi connectivity index (χ1) is 10.3. The molecule has 3 aromatic carbocycles. The molecule has 0 saturated heterocycles. The van der Waals surface area contributed by atoms with Crippen molar-refractivity contribution < 1.29 is 34.7 Å². The fraction of sp³-hybridized carbons (Fsp3) is 0. The second kappa shape index (κ2) is 7.90. The molecule has 3 nitrogen and oxygen atoms in total. The topological polar surface area (TPSA) is 45.0 Å². The summed E-state index contributed by atoms with van der Waals surface area (Å²) in [4.78, 5) is 0. The van der Waals surface area contributed by atoms with Crippen LogP contribution >= 0.6 is 0 Å². The monoisotopic (exact) mass is 297 g/mol. The first kappa shape index (κ1) is 16.4. The average molecular weight is 297 g/mol. The summed E-state index contributed by atoms with van der Waals surface area (Å²) in [5, 5.41) is 18.2. The van der Waals surface area contributed by atoms with E-state index in [-0.39, 0.29) is 35.3 Å². The number of benzene rings is 3. The van der Waals surface area contributed by atoms with Crippen LogP contribution in [0.5, 0.6) is 5.75 Å². The van der Waals surface area contributed by atoms with Crippen molar-refractivity contribution in [2.24, 2.45) is 10.2 Å². The van der Waals surface area contributed by atoms with Gasteiger partial charge in [-0.1, -0.05) is 54.6 Å². The number of aromatic hydroxyl groups is 1. The van der Waals surface area contributed by atoms with Crippen LogP contribution in [0.15, 0.2) is 89.1 Å². The Morgan fingerprint density at radius 1 is 0.636 bits per heavy atom. The normalized spacial score (nSPS) is 10.4. The summed E-state index contributed by atoms with van der Waals surface area (Å²) < 4.78 is 0. The molecule has 0 aliphatic rings. The molecule has 0 unspecified atom stereocenters. The third kappa shape index (κ3) is 4.04. The van der Waals surface area contributed by atoms with Crippen molar-refractivity contribution >= 4 is 11.4 Å². The summed E-state index contributed by atoms with van der Waals surface area (Å²) in [5.74, 6) is 0.120. The van der Waals surface area contributed by atoms with Crippen LogP contribution in [0.2, 0.25) is 0 Å². The number of phenols is 1. The molecule has 0 radical (unpaired) electrons. The predicted octanol–water partition coefficient (Wildman–Crippen LogP) is 2.48. The maximum atomic E-state index is 9.91. The Balaban J connectivity index is 0.00000176. The standard InChI is InChI=1S/C18H14N2O.Na/c21-18-12-11-15(14-7-3-1-4-8-14)13-17(18)20-19-16-9-5-2-6-10-16;/h1-13,21H;/q;+1. The van der Waals surface area contributed by atoms with Gasteiger partial charge in [0.1, 0.15) is 11.4 Å². The summed E-state index contributed by atoms with van der Waals surface area (Å²) in [7, 11) is 0. The van der Waals surface area contributed by atoms with E-state index in [4.69, 9.17) is 0 Å². The van der Waals surface area contributed by atoms with E-state index in [2.05, 4.69) is 10.2 Å². The van der Waals surface area contributed by atoms with Gasteiger partial charge in [0.05, 0.1) is 5.69 Å². The molecule has 4 heteroatoms. The van der Waals surface area contributed by atoms with E-state index in [0.29, 0.717) is 5.69 Å².